The van der Waals surface area contributed by atoms with Gasteiger partial charge in [-0.15, -0.1) is 0 Å². The second-order valence-electron chi connectivity index (χ2n) is 9.66. The van der Waals surface area contributed by atoms with E-state index in [1.807, 2.05) is 12.1 Å². The topological polar surface area (TPSA) is 116 Å². The Kier molecular flexibility index (Phi) is 11.0. The van der Waals surface area contributed by atoms with Crippen molar-refractivity contribution in [2.24, 2.45) is 0 Å². The molecule has 0 radical (unpaired) electrons. The molecular weight excluding hydrogens is 528 g/mol. The Morgan fingerprint density at radius 1 is 0.405 bits per heavy atom. The molecule has 0 bridgehead atoms. The number of rotatable bonds is 13. The van der Waals surface area contributed by atoms with Gasteiger partial charge in [0.1, 0.15) is 0 Å². The first-order chi connectivity index (χ1) is 20.5. The highest BCUT2D eigenvalue weighted by Crippen LogP contribution is 2.18. The SMILES string of the molecule is O=C(Nc1ccccc1C(=O)NCCCCCCNC(=O)c1ccccc1NC(=O)c1ccccc1)c1ccccc1. The highest BCUT2D eigenvalue weighted by molar-refractivity contribution is 6.09. The monoisotopic (exact) mass is 562 g/mol. The summed E-state index contributed by atoms with van der Waals surface area (Å²) in [4.78, 5) is 50.6. The van der Waals surface area contributed by atoms with Crippen LogP contribution in [0.3, 0.4) is 0 Å². The zero-order valence-corrected chi connectivity index (χ0v) is 23.3. The lowest BCUT2D eigenvalue weighted by atomic mass is 10.1. The zero-order chi connectivity index (χ0) is 29.6. The van der Waals surface area contributed by atoms with Gasteiger partial charge in [0.15, 0.2) is 0 Å². The fourth-order valence-electron chi connectivity index (χ4n) is 4.35. The van der Waals surface area contributed by atoms with Gasteiger partial charge in [-0.05, 0) is 61.4 Å². The van der Waals surface area contributed by atoms with Crippen molar-refractivity contribution in [3.63, 3.8) is 0 Å². The molecule has 8 heteroatoms. The Morgan fingerprint density at radius 3 is 1.17 bits per heavy atom. The van der Waals surface area contributed by atoms with Gasteiger partial charge in [-0.1, -0.05) is 73.5 Å². The van der Waals surface area contributed by atoms with Crippen LogP contribution in [0.1, 0.15) is 67.1 Å². The van der Waals surface area contributed by atoms with E-state index in [2.05, 4.69) is 21.3 Å². The van der Waals surface area contributed by atoms with Gasteiger partial charge in [0.2, 0.25) is 0 Å². The summed E-state index contributed by atoms with van der Waals surface area (Å²) in [5.41, 5.74) is 2.77. The molecule has 0 saturated carbocycles. The summed E-state index contributed by atoms with van der Waals surface area (Å²) in [6.07, 6.45) is 3.33. The Bertz CT molecular complexity index is 1390. The van der Waals surface area contributed by atoms with E-state index in [4.69, 9.17) is 0 Å². The number of benzene rings is 4. The maximum Gasteiger partial charge on any atom is 0.255 e. The van der Waals surface area contributed by atoms with E-state index in [-0.39, 0.29) is 23.6 Å². The first kappa shape index (κ1) is 29.7. The predicted octanol–water partition coefficient (Wildman–Crippen LogP) is 5.91. The molecule has 4 aromatic rings. The van der Waals surface area contributed by atoms with E-state index in [1.54, 1.807) is 97.1 Å². The van der Waals surface area contributed by atoms with Gasteiger partial charge >= 0.3 is 0 Å². The second-order valence-corrected chi connectivity index (χ2v) is 9.66. The number of anilines is 2. The summed E-state index contributed by atoms with van der Waals surface area (Å²) in [6.45, 7) is 1.00. The second kappa shape index (κ2) is 15.5. The molecule has 0 aromatic heterocycles. The first-order valence-electron chi connectivity index (χ1n) is 14.0. The van der Waals surface area contributed by atoms with Crippen LogP contribution in [0.15, 0.2) is 109 Å². The van der Waals surface area contributed by atoms with Crippen molar-refractivity contribution >= 4 is 35.0 Å². The highest BCUT2D eigenvalue weighted by atomic mass is 16.2. The van der Waals surface area contributed by atoms with Gasteiger partial charge in [0, 0.05) is 24.2 Å². The Morgan fingerprint density at radius 2 is 0.762 bits per heavy atom. The van der Waals surface area contributed by atoms with E-state index in [0.717, 1.165) is 25.7 Å². The quantitative estimate of drug-likeness (QED) is 0.152. The van der Waals surface area contributed by atoms with E-state index in [0.29, 0.717) is 46.7 Å². The molecule has 0 aliphatic carbocycles. The van der Waals surface area contributed by atoms with Crippen LogP contribution < -0.4 is 21.3 Å². The number of nitrogens with one attached hydrogen (secondary N) is 4. The number of carbonyl (C=O) groups excluding carboxylic acids is 4. The molecule has 4 rings (SSSR count). The third kappa shape index (κ3) is 8.63. The van der Waals surface area contributed by atoms with Crippen LogP contribution in [0, 0.1) is 0 Å². The Labute approximate surface area is 245 Å². The molecular formula is C34H34N4O4. The molecule has 0 spiro atoms. The first-order valence-corrected chi connectivity index (χ1v) is 14.0. The minimum absolute atomic E-state index is 0.246. The molecule has 0 aliphatic heterocycles. The third-order valence-corrected chi connectivity index (χ3v) is 6.59. The highest BCUT2D eigenvalue weighted by Gasteiger charge is 2.15. The van der Waals surface area contributed by atoms with Crippen LogP contribution in [0.2, 0.25) is 0 Å². The van der Waals surface area contributed by atoms with Crippen molar-refractivity contribution in [1.82, 2.24) is 10.6 Å². The van der Waals surface area contributed by atoms with Crippen LogP contribution in [0.25, 0.3) is 0 Å². The summed E-state index contributed by atoms with van der Waals surface area (Å²) >= 11 is 0. The van der Waals surface area contributed by atoms with Crippen LogP contribution >= 0.6 is 0 Å². The van der Waals surface area contributed by atoms with Gasteiger partial charge in [-0.2, -0.15) is 0 Å². The lowest BCUT2D eigenvalue weighted by Crippen LogP contribution is -2.27. The van der Waals surface area contributed by atoms with Crippen molar-refractivity contribution in [1.29, 1.82) is 0 Å². The van der Waals surface area contributed by atoms with E-state index in [9.17, 15) is 19.2 Å². The van der Waals surface area contributed by atoms with Crippen molar-refractivity contribution < 1.29 is 19.2 Å². The van der Waals surface area contributed by atoms with Gasteiger partial charge in [0.25, 0.3) is 23.6 Å². The molecule has 8 nitrogen and oxygen atoms in total. The summed E-state index contributed by atoms with van der Waals surface area (Å²) in [6, 6.07) is 31.5. The maximum atomic E-state index is 12.8. The van der Waals surface area contributed by atoms with Crippen molar-refractivity contribution in [3.05, 3.63) is 131 Å². The zero-order valence-electron chi connectivity index (χ0n) is 23.3. The van der Waals surface area contributed by atoms with Gasteiger partial charge < -0.3 is 21.3 Å². The molecule has 0 heterocycles. The van der Waals surface area contributed by atoms with Gasteiger partial charge in [0.05, 0.1) is 22.5 Å². The fraction of sp³-hybridized carbons (Fsp3) is 0.176. The van der Waals surface area contributed by atoms with Crippen LogP contribution in [0.4, 0.5) is 11.4 Å². The predicted molar refractivity (Wildman–Crippen MR) is 165 cm³/mol. The number of hydrogen-bond acceptors (Lipinski definition) is 4. The minimum Gasteiger partial charge on any atom is -0.352 e. The third-order valence-electron chi connectivity index (χ3n) is 6.59. The Hall–Kier alpha value is -5.24. The van der Waals surface area contributed by atoms with Crippen molar-refractivity contribution in [2.45, 2.75) is 25.7 Å². The van der Waals surface area contributed by atoms with Crippen LogP contribution in [-0.4, -0.2) is 36.7 Å². The lowest BCUT2D eigenvalue weighted by Gasteiger charge is -2.12. The number of unbranched alkanes of at least 4 members (excludes halogenated alkanes) is 3. The molecule has 0 aliphatic rings. The van der Waals surface area contributed by atoms with Crippen molar-refractivity contribution in [2.75, 3.05) is 23.7 Å². The summed E-state index contributed by atoms with van der Waals surface area (Å²) in [7, 11) is 0. The minimum atomic E-state index is -0.275. The normalized spacial score (nSPS) is 10.4. The Balaban J connectivity index is 1.15. The van der Waals surface area contributed by atoms with Crippen molar-refractivity contribution in [3.8, 4) is 0 Å². The number of hydrogen-bond donors (Lipinski definition) is 4. The maximum absolute atomic E-state index is 12.8. The largest absolute Gasteiger partial charge is 0.352 e. The molecule has 42 heavy (non-hydrogen) atoms. The summed E-state index contributed by atoms with van der Waals surface area (Å²) < 4.78 is 0. The van der Waals surface area contributed by atoms with E-state index < -0.39 is 0 Å². The van der Waals surface area contributed by atoms with Crippen LogP contribution in [0.5, 0.6) is 0 Å². The van der Waals surface area contributed by atoms with Gasteiger partial charge in [-0.3, -0.25) is 19.2 Å². The van der Waals surface area contributed by atoms with E-state index in [1.165, 1.54) is 0 Å². The number of para-hydroxylation sites is 2. The van der Waals surface area contributed by atoms with Crippen LogP contribution in [-0.2, 0) is 0 Å². The summed E-state index contributed by atoms with van der Waals surface area (Å²) in [5.74, 6) is -1.04. The molecule has 4 N–H and O–H groups in total. The number of carbonyl (C=O) groups is 4. The molecule has 4 amide bonds. The molecule has 4 aromatic carbocycles. The molecule has 0 atom stereocenters. The fourth-order valence-corrected chi connectivity index (χ4v) is 4.35. The molecule has 0 saturated heterocycles. The van der Waals surface area contributed by atoms with E-state index >= 15 is 0 Å². The summed E-state index contributed by atoms with van der Waals surface area (Å²) in [5, 5.41) is 11.5. The number of amides is 4. The standard InChI is InChI=1S/C34H34N4O4/c39-31(25-15-5-3-6-16-25)37-29-21-11-9-19-27(29)33(41)35-23-13-1-2-14-24-36-34(42)28-20-10-12-22-30(28)38-32(40)26-17-7-4-8-18-26/h3-12,15-22H,1-2,13-14,23-24H2,(H,35,41)(H,36,42)(H,37,39)(H,38,40). The smallest absolute Gasteiger partial charge is 0.255 e. The average molecular weight is 563 g/mol. The van der Waals surface area contributed by atoms with Gasteiger partial charge in [-0.25, -0.2) is 0 Å². The molecule has 214 valence electrons. The molecule has 0 fully saturated rings. The lowest BCUT2D eigenvalue weighted by molar-refractivity contribution is 0.0943. The molecule has 0 unspecified atom stereocenters. The average Bonchev–Trinajstić information content (AvgIpc) is 3.03.